The zero-order valence-electron chi connectivity index (χ0n) is 17.0. The number of hydrogen-bond donors (Lipinski definition) is 2. The van der Waals surface area contributed by atoms with Gasteiger partial charge >= 0.3 is 0 Å². The first-order chi connectivity index (χ1) is 14.7. The van der Waals surface area contributed by atoms with Gasteiger partial charge in [0.1, 0.15) is 5.75 Å². The molecule has 30 heavy (non-hydrogen) atoms. The number of phenolic OH excluding ortho intramolecular Hbond substituents is 1. The average molecular weight is 426 g/mol. The first kappa shape index (κ1) is 19.7. The molecule has 1 aromatic carbocycles. The lowest BCUT2D eigenvalue weighted by Gasteiger charge is -2.29. The van der Waals surface area contributed by atoms with Gasteiger partial charge in [-0.25, -0.2) is 9.97 Å². The van der Waals surface area contributed by atoms with Crippen molar-refractivity contribution in [1.29, 1.82) is 0 Å². The van der Waals surface area contributed by atoms with E-state index in [2.05, 4.69) is 15.9 Å². The molecule has 0 saturated carbocycles. The minimum Gasteiger partial charge on any atom is -0.508 e. The number of nitrogens with two attached hydrogens (primary N) is 1. The van der Waals surface area contributed by atoms with Crippen molar-refractivity contribution in [1.82, 2.24) is 14.9 Å². The molecule has 2 aliphatic heterocycles. The normalized spacial score (nSPS) is 18.9. The summed E-state index contributed by atoms with van der Waals surface area (Å²) >= 11 is 1.79. The highest BCUT2D eigenvalue weighted by Gasteiger charge is 2.22. The molecule has 2 saturated heterocycles. The molecule has 0 radical (unpaired) electrons. The van der Waals surface area contributed by atoms with E-state index < -0.39 is 0 Å². The molecule has 5 rings (SSSR count). The summed E-state index contributed by atoms with van der Waals surface area (Å²) in [6.45, 7) is 6.08. The van der Waals surface area contributed by atoms with Crippen LogP contribution >= 0.6 is 11.3 Å². The molecule has 2 aromatic heterocycles. The molecule has 0 spiro atoms. The maximum Gasteiger partial charge on any atom is 0.162 e. The van der Waals surface area contributed by atoms with Crippen LogP contribution in [0, 0.1) is 0 Å². The SMILES string of the molecule is NC1CCN(Cc2cc3nc(-c4cccc(O)c4)nc(N4CCOCC4)c3s2)CC1. The molecular formula is C22H27N5O2S. The Morgan fingerprint density at radius 1 is 1.10 bits per heavy atom. The Morgan fingerprint density at radius 3 is 2.67 bits per heavy atom. The second-order valence-corrected chi connectivity index (χ2v) is 9.20. The summed E-state index contributed by atoms with van der Waals surface area (Å²) in [6, 6.07) is 9.69. The number of likely N-dealkylation sites (tertiary alicyclic amines) is 1. The lowest BCUT2D eigenvalue weighted by Crippen LogP contribution is -2.39. The van der Waals surface area contributed by atoms with Crippen molar-refractivity contribution < 1.29 is 9.84 Å². The molecule has 0 atom stereocenters. The maximum absolute atomic E-state index is 9.92. The Morgan fingerprint density at radius 2 is 1.90 bits per heavy atom. The van der Waals surface area contributed by atoms with E-state index in [0.717, 1.165) is 67.2 Å². The summed E-state index contributed by atoms with van der Waals surface area (Å²) in [5.41, 5.74) is 7.85. The van der Waals surface area contributed by atoms with E-state index in [-0.39, 0.29) is 5.75 Å². The van der Waals surface area contributed by atoms with Crippen molar-refractivity contribution in [3.05, 3.63) is 35.2 Å². The Hall–Kier alpha value is -2.26. The third-order valence-electron chi connectivity index (χ3n) is 5.83. The van der Waals surface area contributed by atoms with Crippen molar-refractivity contribution in [2.75, 3.05) is 44.3 Å². The predicted octanol–water partition coefficient (Wildman–Crippen LogP) is 2.82. The molecule has 158 valence electrons. The standard InChI is InChI=1S/C22H27N5O2S/c23-16-4-6-26(7-5-16)14-18-13-19-20(30-18)22(27-8-10-29-11-9-27)25-21(24-19)15-2-1-3-17(28)12-15/h1-3,12-13,16,28H,4-11,14,23H2. The van der Waals surface area contributed by atoms with Crippen LogP contribution in [0.4, 0.5) is 5.82 Å². The molecule has 2 aliphatic rings. The van der Waals surface area contributed by atoms with Crippen LogP contribution in [0.5, 0.6) is 5.75 Å². The molecule has 8 heteroatoms. The Bertz CT molecular complexity index is 1030. The lowest BCUT2D eigenvalue weighted by molar-refractivity contribution is 0.122. The van der Waals surface area contributed by atoms with Gasteiger partial charge < -0.3 is 20.5 Å². The number of rotatable bonds is 4. The van der Waals surface area contributed by atoms with Gasteiger partial charge in [0.15, 0.2) is 11.6 Å². The average Bonchev–Trinajstić information content (AvgIpc) is 3.17. The maximum atomic E-state index is 9.92. The van der Waals surface area contributed by atoms with Crippen LogP contribution in [-0.4, -0.2) is 65.4 Å². The Kier molecular flexibility index (Phi) is 5.56. The summed E-state index contributed by atoms with van der Waals surface area (Å²) in [5.74, 6) is 1.84. The zero-order valence-corrected chi connectivity index (χ0v) is 17.8. The number of benzene rings is 1. The van der Waals surface area contributed by atoms with Gasteiger partial charge in [0.05, 0.1) is 23.4 Å². The van der Waals surface area contributed by atoms with Gasteiger partial charge in [-0.05, 0) is 44.1 Å². The molecule has 0 unspecified atom stereocenters. The zero-order chi connectivity index (χ0) is 20.5. The van der Waals surface area contributed by atoms with E-state index in [1.165, 1.54) is 4.88 Å². The van der Waals surface area contributed by atoms with E-state index in [1.54, 1.807) is 23.5 Å². The fourth-order valence-electron chi connectivity index (χ4n) is 4.14. The van der Waals surface area contributed by atoms with Gasteiger partial charge in [-0.15, -0.1) is 11.3 Å². The highest BCUT2D eigenvalue weighted by atomic mass is 32.1. The number of aromatic nitrogens is 2. The van der Waals surface area contributed by atoms with Gasteiger partial charge in [0.25, 0.3) is 0 Å². The summed E-state index contributed by atoms with van der Waals surface area (Å²) in [5, 5.41) is 9.92. The highest BCUT2D eigenvalue weighted by Crippen LogP contribution is 2.35. The van der Waals surface area contributed by atoms with Gasteiger partial charge in [0.2, 0.25) is 0 Å². The van der Waals surface area contributed by atoms with Gasteiger partial charge in [-0.1, -0.05) is 12.1 Å². The van der Waals surface area contributed by atoms with Gasteiger partial charge in [-0.3, -0.25) is 4.90 Å². The minimum atomic E-state index is 0.221. The number of fused-ring (bicyclic) bond motifs is 1. The molecule has 3 aromatic rings. The number of aromatic hydroxyl groups is 1. The molecule has 4 heterocycles. The van der Waals surface area contributed by atoms with E-state index in [1.807, 2.05) is 12.1 Å². The summed E-state index contributed by atoms with van der Waals surface area (Å²) in [4.78, 5) is 15.9. The molecule has 0 amide bonds. The third-order valence-corrected chi connectivity index (χ3v) is 6.94. The molecule has 2 fully saturated rings. The molecule has 7 nitrogen and oxygen atoms in total. The largest absolute Gasteiger partial charge is 0.508 e. The van der Waals surface area contributed by atoms with Crippen LogP contribution in [0.2, 0.25) is 0 Å². The van der Waals surface area contributed by atoms with E-state index in [4.69, 9.17) is 20.4 Å². The number of anilines is 1. The Labute approximate surface area is 180 Å². The van der Waals surface area contributed by atoms with Crippen LogP contribution in [0.25, 0.3) is 21.6 Å². The number of ether oxygens (including phenoxy) is 1. The molecular weight excluding hydrogens is 398 g/mol. The number of thiophene rings is 1. The summed E-state index contributed by atoms with van der Waals surface area (Å²) in [7, 11) is 0. The smallest absolute Gasteiger partial charge is 0.162 e. The van der Waals surface area contributed by atoms with Crippen molar-refractivity contribution in [2.45, 2.75) is 25.4 Å². The summed E-state index contributed by atoms with van der Waals surface area (Å²) < 4.78 is 6.68. The van der Waals surface area contributed by atoms with E-state index in [0.29, 0.717) is 25.1 Å². The Balaban J connectivity index is 1.52. The van der Waals surface area contributed by atoms with Crippen LogP contribution in [0.3, 0.4) is 0 Å². The second-order valence-electron chi connectivity index (χ2n) is 8.06. The third kappa shape index (κ3) is 4.13. The van der Waals surface area contributed by atoms with Gasteiger partial charge in [-0.2, -0.15) is 0 Å². The van der Waals surface area contributed by atoms with Crippen molar-refractivity contribution in [2.24, 2.45) is 5.73 Å². The number of piperidine rings is 1. The van der Waals surface area contributed by atoms with Crippen molar-refractivity contribution in [3.63, 3.8) is 0 Å². The van der Waals surface area contributed by atoms with Crippen LogP contribution in [0.1, 0.15) is 17.7 Å². The van der Waals surface area contributed by atoms with Crippen molar-refractivity contribution in [3.8, 4) is 17.1 Å². The fraction of sp³-hybridized carbons (Fsp3) is 0.455. The van der Waals surface area contributed by atoms with E-state index in [9.17, 15) is 5.11 Å². The number of hydrogen-bond acceptors (Lipinski definition) is 8. The quantitative estimate of drug-likeness (QED) is 0.665. The second kappa shape index (κ2) is 8.47. The first-order valence-electron chi connectivity index (χ1n) is 10.6. The van der Waals surface area contributed by atoms with Crippen LogP contribution in [-0.2, 0) is 11.3 Å². The van der Waals surface area contributed by atoms with Crippen LogP contribution < -0.4 is 10.6 Å². The van der Waals surface area contributed by atoms with Crippen molar-refractivity contribution >= 4 is 27.4 Å². The lowest BCUT2D eigenvalue weighted by atomic mass is 10.1. The predicted molar refractivity (Wildman–Crippen MR) is 120 cm³/mol. The molecule has 0 aliphatic carbocycles. The molecule has 0 bridgehead atoms. The highest BCUT2D eigenvalue weighted by molar-refractivity contribution is 7.19. The number of nitrogens with zero attached hydrogens (tertiary/aromatic N) is 4. The minimum absolute atomic E-state index is 0.221. The topological polar surface area (TPSA) is 87.7 Å². The monoisotopic (exact) mass is 425 g/mol. The number of phenols is 1. The molecule has 3 N–H and O–H groups in total. The fourth-order valence-corrected chi connectivity index (χ4v) is 5.29. The van der Waals surface area contributed by atoms with Crippen LogP contribution in [0.15, 0.2) is 30.3 Å². The number of morpholine rings is 1. The summed E-state index contributed by atoms with van der Waals surface area (Å²) in [6.07, 6.45) is 2.12. The first-order valence-corrected chi connectivity index (χ1v) is 11.4. The van der Waals surface area contributed by atoms with E-state index >= 15 is 0 Å². The van der Waals surface area contributed by atoms with Gasteiger partial charge in [0, 0.05) is 36.1 Å².